The van der Waals surface area contributed by atoms with Crippen molar-refractivity contribution in [2.24, 2.45) is 11.6 Å². The Hall–Kier alpha value is -1.26. The molecule has 0 aliphatic carbocycles. The second-order valence-corrected chi connectivity index (χ2v) is 2.12. The van der Waals surface area contributed by atoms with Crippen LogP contribution in [0.4, 0.5) is 0 Å². The fraction of sp³-hybridized carbons (Fsp3) is 0.143. The molecule has 4 nitrogen and oxygen atoms in total. The smallest absolute Gasteiger partial charge is 0.188 e. The van der Waals surface area contributed by atoms with E-state index in [1.807, 2.05) is 0 Å². The molecule has 0 amide bonds. The Labute approximate surface area is 64.3 Å². The molecule has 1 aromatic carbocycles. The fourth-order valence-corrected chi connectivity index (χ4v) is 0.790. The van der Waals surface area contributed by atoms with Gasteiger partial charge in [0.1, 0.15) is 0 Å². The van der Waals surface area contributed by atoms with Crippen LogP contribution in [-0.4, -0.2) is 5.11 Å². The van der Waals surface area contributed by atoms with E-state index in [0.29, 0.717) is 6.54 Å². The van der Waals surface area contributed by atoms with Gasteiger partial charge in [0.05, 0.1) is 0 Å². The lowest BCUT2D eigenvalue weighted by molar-refractivity contribution is 0.312. The highest BCUT2D eigenvalue weighted by atomic mass is 16.6. The number of nitrogens with two attached hydrogens (primary N) is 2. The average molecular weight is 154 g/mol. The molecule has 0 unspecified atom stereocenters. The summed E-state index contributed by atoms with van der Waals surface area (Å²) in [5, 5.41) is 9.16. The zero-order chi connectivity index (χ0) is 8.27. The van der Waals surface area contributed by atoms with E-state index in [1.165, 1.54) is 6.07 Å². The molecular formula is C7H10N2O2. The maximum Gasteiger partial charge on any atom is 0.188 e. The summed E-state index contributed by atoms with van der Waals surface area (Å²) in [6.45, 7) is 0.387. The maximum absolute atomic E-state index is 9.16. The Morgan fingerprint density at radius 3 is 2.64 bits per heavy atom. The molecule has 0 aliphatic rings. The lowest BCUT2D eigenvalue weighted by Crippen LogP contribution is -2.02. The van der Waals surface area contributed by atoms with Gasteiger partial charge in [-0.05, 0) is 17.7 Å². The number of benzene rings is 1. The van der Waals surface area contributed by atoms with Crippen LogP contribution in [0.1, 0.15) is 5.56 Å². The van der Waals surface area contributed by atoms with Crippen molar-refractivity contribution < 1.29 is 9.94 Å². The third-order valence-corrected chi connectivity index (χ3v) is 1.39. The standard InChI is InChI=1S/C7H10N2O2/c8-4-5-1-2-7(11-9)6(10)3-5/h1-3,10H,4,8-9H2. The Bertz CT molecular complexity index is 250. The molecule has 60 valence electrons. The molecular weight excluding hydrogens is 144 g/mol. The molecule has 0 radical (unpaired) electrons. The van der Waals surface area contributed by atoms with Crippen LogP contribution in [0.25, 0.3) is 0 Å². The first kappa shape index (κ1) is 7.84. The minimum atomic E-state index is 0.00968. The summed E-state index contributed by atoms with van der Waals surface area (Å²) in [7, 11) is 0. The number of hydrogen-bond donors (Lipinski definition) is 3. The fourth-order valence-electron chi connectivity index (χ4n) is 0.790. The van der Waals surface area contributed by atoms with Crippen LogP contribution in [0, 0.1) is 0 Å². The highest BCUT2D eigenvalue weighted by Crippen LogP contribution is 2.25. The normalized spacial score (nSPS) is 9.64. The lowest BCUT2D eigenvalue weighted by Gasteiger charge is -2.02. The van der Waals surface area contributed by atoms with Crippen molar-refractivity contribution in [3.8, 4) is 11.5 Å². The van der Waals surface area contributed by atoms with Gasteiger partial charge in [-0.25, -0.2) is 0 Å². The summed E-state index contributed by atoms with van der Waals surface area (Å²) in [6, 6.07) is 4.82. The van der Waals surface area contributed by atoms with E-state index in [2.05, 4.69) is 4.84 Å². The molecule has 0 spiro atoms. The van der Waals surface area contributed by atoms with Gasteiger partial charge >= 0.3 is 0 Å². The molecule has 0 fully saturated rings. The average Bonchev–Trinajstić information content (AvgIpc) is 2.04. The summed E-state index contributed by atoms with van der Waals surface area (Å²) in [5.74, 6) is 5.11. The summed E-state index contributed by atoms with van der Waals surface area (Å²) in [4.78, 5) is 4.35. The topological polar surface area (TPSA) is 81.5 Å². The number of phenols is 1. The van der Waals surface area contributed by atoms with Crippen LogP contribution in [0.5, 0.6) is 11.5 Å². The molecule has 1 aromatic rings. The van der Waals surface area contributed by atoms with Crippen molar-refractivity contribution >= 4 is 0 Å². The van der Waals surface area contributed by atoms with Crippen LogP contribution in [0.3, 0.4) is 0 Å². The van der Waals surface area contributed by atoms with E-state index < -0.39 is 0 Å². The van der Waals surface area contributed by atoms with Gasteiger partial charge in [-0.3, -0.25) is 0 Å². The molecule has 11 heavy (non-hydrogen) atoms. The van der Waals surface area contributed by atoms with E-state index in [-0.39, 0.29) is 11.5 Å². The van der Waals surface area contributed by atoms with Gasteiger partial charge in [-0.2, -0.15) is 5.90 Å². The van der Waals surface area contributed by atoms with E-state index in [9.17, 15) is 0 Å². The largest absolute Gasteiger partial charge is 0.504 e. The van der Waals surface area contributed by atoms with Crippen molar-refractivity contribution in [1.29, 1.82) is 0 Å². The SMILES string of the molecule is NCc1ccc(ON)c(O)c1. The van der Waals surface area contributed by atoms with Gasteiger partial charge in [-0.15, -0.1) is 0 Å². The van der Waals surface area contributed by atoms with Crippen molar-refractivity contribution in [3.63, 3.8) is 0 Å². The molecule has 0 atom stereocenters. The zero-order valence-electron chi connectivity index (χ0n) is 5.95. The first-order chi connectivity index (χ1) is 5.27. The highest BCUT2D eigenvalue weighted by Gasteiger charge is 2.00. The Kier molecular flexibility index (Phi) is 2.30. The lowest BCUT2D eigenvalue weighted by atomic mass is 10.2. The summed E-state index contributed by atoms with van der Waals surface area (Å²) in [6.07, 6.45) is 0. The highest BCUT2D eigenvalue weighted by molar-refractivity contribution is 5.41. The van der Waals surface area contributed by atoms with Gasteiger partial charge in [0.25, 0.3) is 0 Å². The van der Waals surface area contributed by atoms with E-state index >= 15 is 0 Å². The second kappa shape index (κ2) is 3.23. The molecule has 1 rings (SSSR count). The van der Waals surface area contributed by atoms with Crippen molar-refractivity contribution in [3.05, 3.63) is 23.8 Å². The quantitative estimate of drug-likeness (QED) is 0.528. The van der Waals surface area contributed by atoms with Crippen LogP contribution in [0.15, 0.2) is 18.2 Å². The Balaban J connectivity index is 2.99. The second-order valence-electron chi connectivity index (χ2n) is 2.12. The first-order valence-electron chi connectivity index (χ1n) is 3.16. The predicted octanol–water partition coefficient (Wildman–Crippen LogP) is 0.103. The van der Waals surface area contributed by atoms with Crippen LogP contribution in [-0.2, 0) is 6.54 Å². The minimum absolute atomic E-state index is 0.00968. The van der Waals surface area contributed by atoms with Gasteiger partial charge < -0.3 is 15.7 Å². The summed E-state index contributed by atoms with van der Waals surface area (Å²) < 4.78 is 0. The molecule has 0 heterocycles. The van der Waals surface area contributed by atoms with Crippen molar-refractivity contribution in [2.75, 3.05) is 0 Å². The van der Waals surface area contributed by atoms with E-state index in [4.69, 9.17) is 16.7 Å². The zero-order valence-corrected chi connectivity index (χ0v) is 5.95. The molecule has 0 aliphatic heterocycles. The minimum Gasteiger partial charge on any atom is -0.504 e. The molecule has 0 aromatic heterocycles. The van der Waals surface area contributed by atoms with E-state index in [1.54, 1.807) is 12.1 Å². The van der Waals surface area contributed by atoms with Crippen molar-refractivity contribution in [1.82, 2.24) is 0 Å². The third-order valence-electron chi connectivity index (χ3n) is 1.39. The monoisotopic (exact) mass is 154 g/mol. The molecule has 5 N–H and O–H groups in total. The van der Waals surface area contributed by atoms with Crippen LogP contribution >= 0.6 is 0 Å². The molecule has 4 heteroatoms. The number of phenolic OH excluding ortho intramolecular Hbond substituents is 1. The van der Waals surface area contributed by atoms with Gasteiger partial charge in [-0.1, -0.05) is 6.07 Å². The Morgan fingerprint density at radius 2 is 2.18 bits per heavy atom. The first-order valence-corrected chi connectivity index (χ1v) is 3.16. The van der Waals surface area contributed by atoms with Crippen molar-refractivity contribution in [2.45, 2.75) is 6.54 Å². The molecule has 0 bridgehead atoms. The van der Waals surface area contributed by atoms with Gasteiger partial charge in [0.2, 0.25) is 0 Å². The summed E-state index contributed by atoms with van der Waals surface area (Å²) >= 11 is 0. The maximum atomic E-state index is 9.16. The van der Waals surface area contributed by atoms with Gasteiger partial charge in [0.15, 0.2) is 11.5 Å². The molecule has 0 saturated heterocycles. The van der Waals surface area contributed by atoms with Gasteiger partial charge in [0, 0.05) is 6.54 Å². The van der Waals surface area contributed by atoms with E-state index in [0.717, 1.165) is 5.56 Å². The Morgan fingerprint density at radius 1 is 1.45 bits per heavy atom. The number of aromatic hydroxyl groups is 1. The summed E-state index contributed by atoms with van der Waals surface area (Å²) in [5.41, 5.74) is 6.16. The van der Waals surface area contributed by atoms with Crippen LogP contribution in [0.2, 0.25) is 0 Å². The van der Waals surface area contributed by atoms with Crippen LogP contribution < -0.4 is 16.5 Å². The third kappa shape index (κ3) is 1.60. The number of hydrogen-bond acceptors (Lipinski definition) is 4. The molecule has 0 saturated carbocycles. The number of rotatable bonds is 2. The predicted molar refractivity (Wildman–Crippen MR) is 40.8 cm³/mol.